The molecule has 1 N–H and O–H groups in total. The number of nitrogens with one attached hydrogen (secondary N) is 1. The van der Waals surface area contributed by atoms with Crippen LogP contribution in [0.2, 0.25) is 0 Å². The lowest BCUT2D eigenvalue weighted by molar-refractivity contribution is -0.145. The Morgan fingerprint density at radius 1 is 1.33 bits per heavy atom. The number of hydrogen-bond donors (Lipinski definition) is 1. The quantitative estimate of drug-likeness (QED) is 0.794. The SMILES string of the molecule is CCOC(=O)C(CC)NCc1ccccc1-n1cccn1. The second-order valence-electron chi connectivity index (χ2n) is 4.67. The number of ether oxygens (including phenoxy) is 1. The highest BCUT2D eigenvalue weighted by atomic mass is 16.5. The lowest BCUT2D eigenvalue weighted by Gasteiger charge is -2.17. The molecule has 0 bridgehead atoms. The maximum Gasteiger partial charge on any atom is 0.323 e. The fraction of sp³-hybridized carbons (Fsp3) is 0.375. The number of carbonyl (C=O) groups excluding carboxylic acids is 1. The molecular formula is C16H21N3O2. The highest BCUT2D eigenvalue weighted by Gasteiger charge is 2.17. The number of esters is 1. The molecule has 1 atom stereocenters. The summed E-state index contributed by atoms with van der Waals surface area (Å²) in [5, 5.41) is 7.51. The third kappa shape index (κ3) is 3.92. The van der Waals surface area contributed by atoms with Crippen LogP contribution in [-0.2, 0) is 16.1 Å². The Hall–Kier alpha value is -2.14. The summed E-state index contributed by atoms with van der Waals surface area (Å²) in [4.78, 5) is 11.8. The molecule has 0 spiro atoms. The Morgan fingerprint density at radius 2 is 2.14 bits per heavy atom. The van der Waals surface area contributed by atoms with E-state index in [1.807, 2.05) is 55.1 Å². The van der Waals surface area contributed by atoms with Crippen molar-refractivity contribution in [1.29, 1.82) is 0 Å². The van der Waals surface area contributed by atoms with Gasteiger partial charge in [-0.25, -0.2) is 4.68 Å². The number of rotatable bonds is 7. The predicted octanol–water partition coefficient (Wildman–Crippen LogP) is 2.30. The minimum atomic E-state index is -0.282. The average molecular weight is 287 g/mol. The van der Waals surface area contributed by atoms with Gasteiger partial charge >= 0.3 is 5.97 Å². The van der Waals surface area contributed by atoms with E-state index in [0.717, 1.165) is 11.3 Å². The third-order valence-electron chi connectivity index (χ3n) is 3.26. The molecule has 5 nitrogen and oxygen atoms in total. The van der Waals surface area contributed by atoms with E-state index < -0.39 is 0 Å². The van der Waals surface area contributed by atoms with Crippen molar-refractivity contribution in [1.82, 2.24) is 15.1 Å². The summed E-state index contributed by atoms with van der Waals surface area (Å²) in [6.07, 6.45) is 4.35. The Kier molecular flexibility index (Phi) is 5.51. The summed E-state index contributed by atoms with van der Waals surface area (Å²) < 4.78 is 6.89. The van der Waals surface area contributed by atoms with E-state index in [-0.39, 0.29) is 12.0 Å². The molecule has 0 aliphatic carbocycles. The van der Waals surface area contributed by atoms with E-state index in [4.69, 9.17) is 4.74 Å². The highest BCUT2D eigenvalue weighted by Crippen LogP contribution is 2.13. The van der Waals surface area contributed by atoms with Crippen LogP contribution in [0.5, 0.6) is 0 Å². The number of nitrogens with zero attached hydrogens (tertiary/aromatic N) is 2. The van der Waals surface area contributed by atoms with Gasteiger partial charge in [0, 0.05) is 18.9 Å². The van der Waals surface area contributed by atoms with Crippen LogP contribution in [0.15, 0.2) is 42.7 Å². The van der Waals surface area contributed by atoms with Crippen LogP contribution < -0.4 is 5.32 Å². The second-order valence-corrected chi connectivity index (χ2v) is 4.67. The third-order valence-corrected chi connectivity index (χ3v) is 3.26. The summed E-state index contributed by atoms with van der Waals surface area (Å²) in [6, 6.07) is 9.60. The molecule has 0 amide bonds. The maximum atomic E-state index is 11.8. The first kappa shape index (κ1) is 15.3. The first-order valence-corrected chi connectivity index (χ1v) is 7.24. The summed E-state index contributed by atoms with van der Waals surface area (Å²) in [6.45, 7) is 4.78. The summed E-state index contributed by atoms with van der Waals surface area (Å²) in [5.74, 6) is -0.198. The van der Waals surface area contributed by atoms with Crippen molar-refractivity contribution in [2.24, 2.45) is 0 Å². The lowest BCUT2D eigenvalue weighted by Crippen LogP contribution is -2.37. The average Bonchev–Trinajstić information content (AvgIpc) is 3.03. The summed E-state index contributed by atoms with van der Waals surface area (Å²) >= 11 is 0. The van der Waals surface area contributed by atoms with E-state index in [1.165, 1.54) is 0 Å². The monoisotopic (exact) mass is 287 g/mol. The van der Waals surface area contributed by atoms with Gasteiger partial charge in [-0.05, 0) is 31.0 Å². The molecule has 112 valence electrons. The molecule has 0 saturated heterocycles. The normalized spacial score (nSPS) is 12.1. The van der Waals surface area contributed by atoms with Gasteiger partial charge in [-0.3, -0.25) is 4.79 Å². The fourth-order valence-corrected chi connectivity index (χ4v) is 2.17. The van der Waals surface area contributed by atoms with Crippen LogP contribution in [0.25, 0.3) is 5.69 Å². The van der Waals surface area contributed by atoms with Gasteiger partial charge in [-0.15, -0.1) is 0 Å². The summed E-state index contributed by atoms with van der Waals surface area (Å²) in [5.41, 5.74) is 2.10. The number of para-hydroxylation sites is 1. The van der Waals surface area contributed by atoms with Crippen LogP contribution in [-0.4, -0.2) is 28.4 Å². The number of aromatic nitrogens is 2. The zero-order valence-corrected chi connectivity index (χ0v) is 12.5. The first-order chi connectivity index (χ1) is 10.3. The molecule has 1 heterocycles. The molecule has 0 radical (unpaired) electrons. The number of hydrogen-bond acceptors (Lipinski definition) is 4. The smallest absolute Gasteiger partial charge is 0.323 e. The second kappa shape index (κ2) is 7.59. The molecule has 1 aromatic heterocycles. The van der Waals surface area contributed by atoms with Crippen LogP contribution in [0.4, 0.5) is 0 Å². The molecule has 0 saturated carbocycles. The van der Waals surface area contributed by atoms with Crippen molar-refractivity contribution >= 4 is 5.97 Å². The topological polar surface area (TPSA) is 56.1 Å². The molecule has 0 fully saturated rings. The molecule has 0 aliphatic rings. The van der Waals surface area contributed by atoms with Gasteiger partial charge in [0.05, 0.1) is 12.3 Å². The van der Waals surface area contributed by atoms with Gasteiger partial charge in [0.15, 0.2) is 0 Å². The van der Waals surface area contributed by atoms with Crippen molar-refractivity contribution < 1.29 is 9.53 Å². The largest absolute Gasteiger partial charge is 0.465 e. The Bertz CT molecular complexity index is 567. The van der Waals surface area contributed by atoms with Gasteiger partial charge < -0.3 is 10.1 Å². The van der Waals surface area contributed by atoms with Crippen molar-refractivity contribution in [3.8, 4) is 5.69 Å². The molecule has 2 rings (SSSR count). The molecule has 1 aromatic carbocycles. The zero-order valence-electron chi connectivity index (χ0n) is 12.5. The van der Waals surface area contributed by atoms with Crippen molar-refractivity contribution in [2.45, 2.75) is 32.9 Å². The van der Waals surface area contributed by atoms with Gasteiger partial charge in [0.1, 0.15) is 6.04 Å². The van der Waals surface area contributed by atoms with Gasteiger partial charge in [0.25, 0.3) is 0 Å². The Balaban J connectivity index is 2.08. The Labute approximate surface area is 124 Å². The molecule has 2 aromatic rings. The van der Waals surface area contributed by atoms with Gasteiger partial charge in [-0.2, -0.15) is 5.10 Å². The molecule has 1 unspecified atom stereocenters. The minimum absolute atomic E-state index is 0.198. The number of benzene rings is 1. The summed E-state index contributed by atoms with van der Waals surface area (Å²) in [7, 11) is 0. The lowest BCUT2D eigenvalue weighted by atomic mass is 10.1. The van der Waals surface area contributed by atoms with E-state index in [1.54, 1.807) is 6.20 Å². The molecule has 0 aliphatic heterocycles. The van der Waals surface area contributed by atoms with Crippen molar-refractivity contribution in [3.05, 3.63) is 48.3 Å². The van der Waals surface area contributed by atoms with Crippen LogP contribution in [0, 0.1) is 0 Å². The van der Waals surface area contributed by atoms with Crippen LogP contribution >= 0.6 is 0 Å². The first-order valence-electron chi connectivity index (χ1n) is 7.24. The van der Waals surface area contributed by atoms with Crippen molar-refractivity contribution in [2.75, 3.05) is 6.61 Å². The van der Waals surface area contributed by atoms with E-state index in [2.05, 4.69) is 10.4 Å². The van der Waals surface area contributed by atoms with E-state index in [9.17, 15) is 4.79 Å². The maximum absolute atomic E-state index is 11.8. The van der Waals surface area contributed by atoms with E-state index in [0.29, 0.717) is 19.6 Å². The standard InChI is InChI=1S/C16H21N3O2/c1-3-14(16(20)21-4-2)17-12-13-8-5-6-9-15(13)19-11-7-10-18-19/h5-11,14,17H,3-4,12H2,1-2H3. The molecule has 21 heavy (non-hydrogen) atoms. The minimum Gasteiger partial charge on any atom is -0.465 e. The van der Waals surface area contributed by atoms with E-state index >= 15 is 0 Å². The zero-order chi connectivity index (χ0) is 15.1. The van der Waals surface area contributed by atoms with Crippen LogP contribution in [0.3, 0.4) is 0 Å². The molecular weight excluding hydrogens is 266 g/mol. The van der Waals surface area contributed by atoms with Gasteiger partial charge in [0.2, 0.25) is 0 Å². The molecule has 5 heteroatoms. The number of carbonyl (C=O) groups is 1. The van der Waals surface area contributed by atoms with Crippen LogP contribution in [0.1, 0.15) is 25.8 Å². The predicted molar refractivity (Wildman–Crippen MR) is 81.1 cm³/mol. The fourth-order valence-electron chi connectivity index (χ4n) is 2.17. The Morgan fingerprint density at radius 3 is 2.81 bits per heavy atom. The van der Waals surface area contributed by atoms with Gasteiger partial charge in [-0.1, -0.05) is 25.1 Å². The highest BCUT2D eigenvalue weighted by molar-refractivity contribution is 5.75. The van der Waals surface area contributed by atoms with Crippen molar-refractivity contribution in [3.63, 3.8) is 0 Å².